The van der Waals surface area contributed by atoms with E-state index < -0.39 is 18.6 Å². The van der Waals surface area contributed by atoms with Gasteiger partial charge in [0.1, 0.15) is 6.54 Å². The second-order valence-electron chi connectivity index (χ2n) is 4.62. The number of nitrogens with one attached hydrogen (secondary N) is 1. The molecule has 5 nitrogen and oxygen atoms in total. The summed E-state index contributed by atoms with van der Waals surface area (Å²) in [5.74, 6) is -0.225. The molecule has 0 atom stereocenters. The lowest BCUT2D eigenvalue weighted by atomic mass is 10.1. The Morgan fingerprint density at radius 2 is 1.90 bits per heavy atom. The van der Waals surface area contributed by atoms with Gasteiger partial charge in [-0.1, -0.05) is 0 Å². The third-order valence-corrected chi connectivity index (χ3v) is 3.01. The molecule has 0 bridgehead atoms. The first-order valence-electron chi connectivity index (χ1n) is 6.39. The molecule has 0 unspecified atom stereocenters. The fourth-order valence-corrected chi connectivity index (χ4v) is 2.01. The molecule has 0 aliphatic carbocycles. The van der Waals surface area contributed by atoms with Gasteiger partial charge in [-0.2, -0.15) is 13.2 Å². The van der Waals surface area contributed by atoms with Gasteiger partial charge in [0, 0.05) is 13.1 Å². The first-order valence-corrected chi connectivity index (χ1v) is 6.39. The van der Waals surface area contributed by atoms with Gasteiger partial charge in [0.25, 0.3) is 5.91 Å². The van der Waals surface area contributed by atoms with Crippen LogP contribution in [0.15, 0.2) is 12.1 Å². The molecular weight excluding hydrogens is 273 g/mol. The van der Waals surface area contributed by atoms with E-state index in [9.17, 15) is 18.0 Å². The van der Waals surface area contributed by atoms with Gasteiger partial charge >= 0.3 is 6.18 Å². The highest BCUT2D eigenvalue weighted by molar-refractivity contribution is 5.92. The van der Waals surface area contributed by atoms with E-state index in [1.54, 1.807) is 11.4 Å². The maximum atomic E-state index is 12.0. The molecule has 2 heterocycles. The van der Waals surface area contributed by atoms with Crippen LogP contribution in [0.4, 0.5) is 19.0 Å². The molecule has 2 rings (SSSR count). The number of carbonyl (C=O) groups excluding carboxylic acids is 1. The van der Waals surface area contributed by atoms with Gasteiger partial charge < -0.3 is 10.2 Å². The smallest absolute Gasteiger partial charge is 0.355 e. The molecule has 1 saturated heterocycles. The zero-order valence-corrected chi connectivity index (χ0v) is 10.8. The van der Waals surface area contributed by atoms with Crippen molar-refractivity contribution < 1.29 is 18.0 Å². The Morgan fingerprint density at radius 1 is 1.20 bits per heavy atom. The number of hydrogen-bond donors (Lipinski definition) is 1. The van der Waals surface area contributed by atoms with Gasteiger partial charge in [0.2, 0.25) is 0 Å². The lowest BCUT2D eigenvalue weighted by Crippen LogP contribution is -2.34. The van der Waals surface area contributed by atoms with Crippen LogP contribution in [-0.4, -0.2) is 41.9 Å². The average Bonchev–Trinajstić information content (AvgIpc) is 2.45. The van der Waals surface area contributed by atoms with Crippen LogP contribution in [0.3, 0.4) is 0 Å². The van der Waals surface area contributed by atoms with Crippen LogP contribution < -0.4 is 10.2 Å². The Morgan fingerprint density at radius 3 is 2.45 bits per heavy atom. The second kappa shape index (κ2) is 6.06. The maximum absolute atomic E-state index is 12.0. The summed E-state index contributed by atoms with van der Waals surface area (Å²) in [4.78, 5) is 13.5. The summed E-state index contributed by atoms with van der Waals surface area (Å²) < 4.78 is 35.9. The van der Waals surface area contributed by atoms with Crippen LogP contribution in [0.25, 0.3) is 0 Å². The average molecular weight is 288 g/mol. The number of halogens is 3. The van der Waals surface area contributed by atoms with Gasteiger partial charge in [0.15, 0.2) is 11.5 Å². The van der Waals surface area contributed by atoms with Crippen LogP contribution in [0, 0.1) is 0 Å². The summed E-state index contributed by atoms with van der Waals surface area (Å²) in [7, 11) is 0. The van der Waals surface area contributed by atoms with Crippen molar-refractivity contribution in [3.05, 3.63) is 17.8 Å². The van der Waals surface area contributed by atoms with Crippen LogP contribution in [0.5, 0.6) is 0 Å². The molecule has 0 aromatic carbocycles. The maximum Gasteiger partial charge on any atom is 0.405 e. The topological polar surface area (TPSA) is 58.1 Å². The lowest BCUT2D eigenvalue weighted by molar-refractivity contribution is -0.123. The lowest BCUT2D eigenvalue weighted by Gasteiger charge is -2.27. The Bertz CT molecular complexity index is 455. The van der Waals surface area contributed by atoms with Crippen molar-refractivity contribution in [1.29, 1.82) is 0 Å². The van der Waals surface area contributed by atoms with E-state index in [1.807, 2.05) is 4.90 Å². The second-order valence-corrected chi connectivity index (χ2v) is 4.62. The predicted octanol–water partition coefficient (Wildman–Crippen LogP) is 1.76. The van der Waals surface area contributed by atoms with Gasteiger partial charge in [-0.3, -0.25) is 4.79 Å². The Balaban J connectivity index is 1.95. The summed E-state index contributed by atoms with van der Waals surface area (Å²) in [5, 5.41) is 9.34. The molecule has 20 heavy (non-hydrogen) atoms. The first-order chi connectivity index (χ1) is 9.46. The molecule has 0 spiro atoms. The van der Waals surface area contributed by atoms with Crippen molar-refractivity contribution in [3.63, 3.8) is 0 Å². The number of piperidine rings is 1. The summed E-state index contributed by atoms with van der Waals surface area (Å²) >= 11 is 0. The fourth-order valence-electron chi connectivity index (χ4n) is 2.01. The number of alkyl halides is 3. The molecule has 1 aliphatic rings. The molecule has 1 aliphatic heterocycles. The first kappa shape index (κ1) is 14.5. The Kier molecular flexibility index (Phi) is 4.41. The predicted molar refractivity (Wildman–Crippen MR) is 66.5 cm³/mol. The standard InChI is InChI=1S/C12H15F3N4O/c13-12(14,15)8-16-11(20)9-4-5-10(18-17-9)19-6-2-1-3-7-19/h4-5H,1-3,6-8H2,(H,16,20). The number of anilines is 1. The number of amides is 1. The molecule has 0 saturated carbocycles. The number of nitrogens with zero attached hydrogens (tertiary/aromatic N) is 3. The minimum Gasteiger partial charge on any atom is -0.355 e. The monoisotopic (exact) mass is 288 g/mol. The molecule has 110 valence electrons. The van der Waals surface area contributed by atoms with E-state index >= 15 is 0 Å². The fraction of sp³-hybridized carbons (Fsp3) is 0.583. The highest BCUT2D eigenvalue weighted by Crippen LogP contribution is 2.16. The van der Waals surface area contributed by atoms with E-state index in [2.05, 4.69) is 10.2 Å². The number of carbonyl (C=O) groups is 1. The SMILES string of the molecule is O=C(NCC(F)(F)F)c1ccc(N2CCCCC2)nn1. The van der Waals surface area contributed by atoms with Crippen LogP contribution in [0.1, 0.15) is 29.8 Å². The van der Waals surface area contributed by atoms with Gasteiger partial charge in [-0.25, -0.2) is 0 Å². The van der Waals surface area contributed by atoms with Crippen molar-refractivity contribution in [2.45, 2.75) is 25.4 Å². The van der Waals surface area contributed by atoms with Crippen molar-refractivity contribution in [2.24, 2.45) is 0 Å². The molecule has 8 heteroatoms. The summed E-state index contributed by atoms with van der Waals surface area (Å²) in [6.45, 7) is 0.393. The van der Waals surface area contributed by atoms with Gasteiger partial charge in [0.05, 0.1) is 0 Å². The molecular formula is C12H15F3N4O. The summed E-state index contributed by atoms with van der Waals surface area (Å²) in [6.07, 6.45) is -1.09. The third-order valence-electron chi connectivity index (χ3n) is 3.01. The molecule has 1 aromatic heterocycles. The number of hydrogen-bond acceptors (Lipinski definition) is 4. The van der Waals surface area contributed by atoms with Crippen molar-refractivity contribution in [1.82, 2.24) is 15.5 Å². The largest absolute Gasteiger partial charge is 0.405 e. The van der Waals surface area contributed by atoms with Crippen molar-refractivity contribution in [2.75, 3.05) is 24.5 Å². The highest BCUT2D eigenvalue weighted by atomic mass is 19.4. The summed E-state index contributed by atoms with van der Waals surface area (Å²) in [6, 6.07) is 3.00. The molecule has 1 fully saturated rings. The summed E-state index contributed by atoms with van der Waals surface area (Å²) in [5.41, 5.74) is -0.116. The van der Waals surface area contributed by atoms with Crippen LogP contribution >= 0.6 is 0 Å². The zero-order chi connectivity index (χ0) is 14.6. The van der Waals surface area contributed by atoms with Crippen LogP contribution in [-0.2, 0) is 0 Å². The zero-order valence-electron chi connectivity index (χ0n) is 10.8. The normalized spacial score (nSPS) is 16.1. The quantitative estimate of drug-likeness (QED) is 0.920. The minimum atomic E-state index is -4.43. The minimum absolute atomic E-state index is 0.116. The molecule has 1 amide bonds. The van der Waals surface area contributed by atoms with Crippen molar-refractivity contribution >= 4 is 11.7 Å². The van der Waals surface area contributed by atoms with E-state index in [1.165, 1.54) is 12.5 Å². The van der Waals surface area contributed by atoms with Gasteiger partial charge in [-0.05, 0) is 31.4 Å². The van der Waals surface area contributed by atoms with E-state index in [-0.39, 0.29) is 5.69 Å². The Hall–Kier alpha value is -1.86. The third kappa shape index (κ3) is 4.07. The molecule has 0 radical (unpaired) electrons. The van der Waals surface area contributed by atoms with Crippen molar-refractivity contribution in [3.8, 4) is 0 Å². The van der Waals surface area contributed by atoms with Crippen LogP contribution in [0.2, 0.25) is 0 Å². The molecule has 1 N–H and O–H groups in total. The number of rotatable bonds is 3. The van der Waals surface area contributed by atoms with E-state index in [0.717, 1.165) is 25.9 Å². The highest BCUT2D eigenvalue weighted by Gasteiger charge is 2.28. The van der Waals surface area contributed by atoms with E-state index in [0.29, 0.717) is 5.82 Å². The van der Waals surface area contributed by atoms with E-state index in [4.69, 9.17) is 0 Å². The van der Waals surface area contributed by atoms with Gasteiger partial charge in [-0.15, -0.1) is 10.2 Å². The number of aromatic nitrogens is 2. The Labute approximate surface area is 114 Å². The molecule has 1 aromatic rings.